The lowest BCUT2D eigenvalue weighted by Gasteiger charge is -2.32. The third kappa shape index (κ3) is 3.67. The first-order chi connectivity index (χ1) is 10.6. The summed E-state index contributed by atoms with van der Waals surface area (Å²) in [7, 11) is 1.94. The van der Waals surface area contributed by atoms with Crippen LogP contribution in [0.15, 0.2) is 6.20 Å². The second-order valence-corrected chi connectivity index (χ2v) is 6.50. The number of carbonyl (C=O) groups excluding carboxylic acids is 1. The van der Waals surface area contributed by atoms with E-state index in [-0.39, 0.29) is 12.0 Å². The molecular weight excluding hydrogens is 280 g/mol. The summed E-state index contributed by atoms with van der Waals surface area (Å²) in [5.41, 5.74) is 2.28. The molecule has 122 valence electrons. The molecule has 0 radical (unpaired) electrons. The smallest absolute Gasteiger partial charge is 0.250 e. The van der Waals surface area contributed by atoms with Crippen LogP contribution in [-0.2, 0) is 23.1 Å². The molecule has 1 saturated heterocycles. The summed E-state index contributed by atoms with van der Waals surface area (Å²) >= 11 is 0. The molecule has 1 aliphatic carbocycles. The summed E-state index contributed by atoms with van der Waals surface area (Å²) < 4.78 is 7.52. The monoisotopic (exact) mass is 306 g/mol. The van der Waals surface area contributed by atoms with E-state index in [4.69, 9.17) is 4.74 Å². The quantitative estimate of drug-likeness (QED) is 0.901. The fourth-order valence-corrected chi connectivity index (χ4v) is 3.41. The van der Waals surface area contributed by atoms with Crippen LogP contribution in [0.4, 0.5) is 0 Å². The highest BCUT2D eigenvalue weighted by Crippen LogP contribution is 2.18. The minimum atomic E-state index is -0.341. The zero-order valence-corrected chi connectivity index (χ0v) is 13.5. The summed E-state index contributed by atoms with van der Waals surface area (Å²) in [5.74, 6) is 0.0551. The van der Waals surface area contributed by atoms with Crippen molar-refractivity contribution < 1.29 is 9.53 Å². The molecule has 2 heterocycles. The second-order valence-electron chi connectivity index (χ2n) is 6.50. The summed E-state index contributed by atoms with van der Waals surface area (Å²) in [4.78, 5) is 14.6. The van der Waals surface area contributed by atoms with Crippen molar-refractivity contribution >= 4 is 5.91 Å². The van der Waals surface area contributed by atoms with E-state index in [1.807, 2.05) is 18.7 Å². The summed E-state index contributed by atoms with van der Waals surface area (Å²) in [5, 5.41) is 7.52. The van der Waals surface area contributed by atoms with E-state index in [0.717, 1.165) is 31.6 Å². The molecule has 2 fully saturated rings. The van der Waals surface area contributed by atoms with Gasteiger partial charge in [-0.25, -0.2) is 0 Å². The van der Waals surface area contributed by atoms with E-state index in [2.05, 4.69) is 21.5 Å². The molecule has 0 unspecified atom stereocenters. The molecular formula is C16H26N4O2. The summed E-state index contributed by atoms with van der Waals surface area (Å²) in [6, 6.07) is 0.354. The first-order valence-electron chi connectivity index (χ1n) is 8.25. The summed E-state index contributed by atoms with van der Waals surface area (Å²) in [6.45, 7) is 4.99. The molecule has 6 nitrogen and oxygen atoms in total. The molecule has 0 spiro atoms. The van der Waals surface area contributed by atoms with Crippen molar-refractivity contribution in [1.29, 1.82) is 0 Å². The van der Waals surface area contributed by atoms with E-state index in [0.29, 0.717) is 19.2 Å². The number of aromatic nitrogens is 2. The van der Waals surface area contributed by atoms with Gasteiger partial charge in [0.2, 0.25) is 0 Å². The first-order valence-corrected chi connectivity index (χ1v) is 8.25. The Morgan fingerprint density at radius 1 is 1.45 bits per heavy atom. The van der Waals surface area contributed by atoms with E-state index < -0.39 is 0 Å². The van der Waals surface area contributed by atoms with Crippen LogP contribution in [0.5, 0.6) is 0 Å². The molecule has 1 atom stereocenters. The highest BCUT2D eigenvalue weighted by Gasteiger charge is 2.29. The Morgan fingerprint density at radius 3 is 2.91 bits per heavy atom. The molecule has 0 aromatic carbocycles. The maximum Gasteiger partial charge on any atom is 0.250 e. The maximum atomic E-state index is 12.3. The lowest BCUT2D eigenvalue weighted by Crippen LogP contribution is -2.51. The van der Waals surface area contributed by atoms with Crippen molar-refractivity contribution in [3.8, 4) is 0 Å². The van der Waals surface area contributed by atoms with E-state index in [9.17, 15) is 4.79 Å². The van der Waals surface area contributed by atoms with Crippen molar-refractivity contribution in [3.63, 3.8) is 0 Å². The fourth-order valence-electron chi connectivity index (χ4n) is 3.41. The Kier molecular flexibility index (Phi) is 4.78. The zero-order valence-electron chi connectivity index (χ0n) is 13.5. The summed E-state index contributed by atoms with van der Waals surface area (Å²) in [6.07, 6.45) is 6.38. The molecule has 1 aromatic heterocycles. The van der Waals surface area contributed by atoms with Crippen molar-refractivity contribution in [2.45, 2.75) is 51.3 Å². The number of hydrogen-bond acceptors (Lipinski definition) is 4. The Hall–Kier alpha value is -1.40. The van der Waals surface area contributed by atoms with Crippen molar-refractivity contribution in [1.82, 2.24) is 20.0 Å². The molecule has 6 heteroatoms. The molecule has 1 aliphatic heterocycles. The Labute approximate surface area is 131 Å². The van der Waals surface area contributed by atoms with Crippen LogP contribution < -0.4 is 5.32 Å². The third-order valence-electron chi connectivity index (χ3n) is 4.65. The lowest BCUT2D eigenvalue weighted by molar-refractivity contribution is -0.139. The molecule has 1 saturated carbocycles. The second kappa shape index (κ2) is 6.79. The average Bonchev–Trinajstić information content (AvgIpc) is 3.09. The molecule has 1 aromatic rings. The number of hydrogen-bond donors (Lipinski definition) is 1. The highest BCUT2D eigenvalue weighted by atomic mass is 16.5. The van der Waals surface area contributed by atoms with E-state index >= 15 is 0 Å². The van der Waals surface area contributed by atoms with Crippen LogP contribution in [0.1, 0.15) is 36.9 Å². The van der Waals surface area contributed by atoms with Gasteiger partial charge in [0.25, 0.3) is 5.91 Å². The van der Waals surface area contributed by atoms with Gasteiger partial charge in [0.05, 0.1) is 12.3 Å². The Bertz CT molecular complexity index is 522. The molecule has 0 bridgehead atoms. The van der Waals surface area contributed by atoms with Crippen LogP contribution in [0, 0.1) is 6.92 Å². The van der Waals surface area contributed by atoms with Gasteiger partial charge in [-0.1, -0.05) is 12.8 Å². The topological polar surface area (TPSA) is 59.4 Å². The lowest BCUT2D eigenvalue weighted by atomic mass is 10.2. The van der Waals surface area contributed by atoms with Crippen molar-refractivity contribution in [2.24, 2.45) is 7.05 Å². The predicted octanol–water partition coefficient (Wildman–Crippen LogP) is 0.988. The molecule has 22 heavy (non-hydrogen) atoms. The maximum absolute atomic E-state index is 12.3. The van der Waals surface area contributed by atoms with Gasteiger partial charge in [-0.2, -0.15) is 5.10 Å². The van der Waals surface area contributed by atoms with Gasteiger partial charge in [-0.3, -0.25) is 14.4 Å². The SMILES string of the molecule is Cc1nn(C)cc1CN1CCO[C@@H](C(=O)NC2CCCC2)C1. The standard InChI is InChI=1S/C16H26N4O2/c1-12-13(9-19(2)18-12)10-20-7-8-22-15(11-20)16(21)17-14-5-3-4-6-14/h9,14-15H,3-8,10-11H2,1-2H3,(H,17,21)/t15-/m1/s1. The van der Waals surface area contributed by atoms with Crippen molar-refractivity contribution in [2.75, 3.05) is 19.7 Å². The number of carbonyl (C=O) groups is 1. The molecule has 1 N–H and O–H groups in total. The predicted molar refractivity (Wildman–Crippen MR) is 83.4 cm³/mol. The number of nitrogens with one attached hydrogen (secondary N) is 1. The van der Waals surface area contributed by atoms with Gasteiger partial charge in [-0.15, -0.1) is 0 Å². The van der Waals surface area contributed by atoms with Gasteiger partial charge in [0, 0.05) is 44.5 Å². The van der Waals surface area contributed by atoms with Gasteiger partial charge in [-0.05, 0) is 19.8 Å². The highest BCUT2D eigenvalue weighted by molar-refractivity contribution is 5.81. The third-order valence-corrected chi connectivity index (χ3v) is 4.65. The Morgan fingerprint density at radius 2 is 2.23 bits per heavy atom. The molecule has 2 aliphatic rings. The number of ether oxygens (including phenoxy) is 1. The fraction of sp³-hybridized carbons (Fsp3) is 0.750. The molecule has 1 amide bonds. The van der Waals surface area contributed by atoms with Crippen molar-refractivity contribution in [3.05, 3.63) is 17.5 Å². The minimum absolute atomic E-state index is 0.0551. The largest absolute Gasteiger partial charge is 0.366 e. The van der Waals surface area contributed by atoms with Gasteiger partial charge < -0.3 is 10.1 Å². The minimum Gasteiger partial charge on any atom is -0.366 e. The number of aryl methyl sites for hydroxylation is 2. The normalized spacial score (nSPS) is 23.8. The van der Waals surface area contributed by atoms with Gasteiger partial charge in [0.15, 0.2) is 0 Å². The van der Waals surface area contributed by atoms with Crippen LogP contribution >= 0.6 is 0 Å². The Balaban J connectivity index is 1.54. The van der Waals surface area contributed by atoms with E-state index in [1.165, 1.54) is 18.4 Å². The zero-order chi connectivity index (χ0) is 15.5. The van der Waals surface area contributed by atoms with Gasteiger partial charge >= 0.3 is 0 Å². The number of morpholine rings is 1. The van der Waals surface area contributed by atoms with Crippen LogP contribution in [-0.4, -0.2) is 52.4 Å². The number of amides is 1. The van der Waals surface area contributed by atoms with Crippen LogP contribution in [0.2, 0.25) is 0 Å². The molecule has 3 rings (SSSR count). The number of rotatable bonds is 4. The average molecular weight is 306 g/mol. The van der Waals surface area contributed by atoms with Crippen LogP contribution in [0.25, 0.3) is 0 Å². The van der Waals surface area contributed by atoms with Crippen LogP contribution in [0.3, 0.4) is 0 Å². The van der Waals surface area contributed by atoms with E-state index in [1.54, 1.807) is 0 Å². The first kappa shape index (κ1) is 15.5. The number of nitrogens with zero attached hydrogens (tertiary/aromatic N) is 3. The van der Waals surface area contributed by atoms with Gasteiger partial charge in [0.1, 0.15) is 6.10 Å².